The normalized spacial score (nSPS) is 26.5. The Kier molecular flexibility index (Phi) is 11.8. The third-order valence-electron chi connectivity index (χ3n) is 10.7. The summed E-state index contributed by atoms with van der Waals surface area (Å²) in [4.78, 5) is 51.6. The highest BCUT2D eigenvalue weighted by molar-refractivity contribution is 7.47. The molecule has 4 heterocycles. The average molecular weight is 829 g/mol. The second-order valence-electron chi connectivity index (χ2n) is 16.9. The number of carbonyl (C=O) groups excluding carboxylic acids is 2. The smallest absolute Gasteiger partial charge is 0.473 e. The van der Waals surface area contributed by atoms with Gasteiger partial charge < -0.3 is 29.1 Å². The standard InChI is InChI=1S/C39H50N4O12P2/c1-24(23-50-56(46,47)53-35-33(42-16-8-10-31(42)44)27-18-25(21-40)12-14-29(27)51-38(35,4)5)20-37(2,3)55-57(48,49)54-36-34(43-17-9-11-32(43)45)28-19-26(22-41)13-15-30(28)52-39(36,6)7/h12-15,18-19,24,33-36H,8-11,16-17,20,23H2,1-7H3,(H,46,47)(H,48,49). The molecule has 308 valence electrons. The van der Waals surface area contributed by atoms with E-state index in [9.17, 15) is 39.0 Å². The average Bonchev–Trinajstić information content (AvgIpc) is 3.73. The fourth-order valence-electron chi connectivity index (χ4n) is 8.42. The molecular formula is C39H50N4O12P2. The second kappa shape index (κ2) is 15.7. The lowest BCUT2D eigenvalue weighted by atomic mass is 9.85. The van der Waals surface area contributed by atoms with E-state index in [2.05, 4.69) is 12.1 Å². The Bertz CT molecular complexity index is 2090. The van der Waals surface area contributed by atoms with E-state index in [-0.39, 0.29) is 24.8 Å². The summed E-state index contributed by atoms with van der Waals surface area (Å²) >= 11 is 0. The van der Waals surface area contributed by atoms with Gasteiger partial charge in [-0.15, -0.1) is 0 Å². The van der Waals surface area contributed by atoms with Gasteiger partial charge in [-0.2, -0.15) is 10.5 Å². The van der Waals surface area contributed by atoms with Crippen molar-refractivity contribution < 1.29 is 56.1 Å². The van der Waals surface area contributed by atoms with Crippen LogP contribution in [0.5, 0.6) is 11.5 Å². The molecule has 57 heavy (non-hydrogen) atoms. The van der Waals surface area contributed by atoms with Crippen molar-refractivity contribution in [1.82, 2.24) is 9.80 Å². The first kappa shape index (κ1) is 42.8. The number of carbonyl (C=O) groups is 2. The third-order valence-corrected chi connectivity index (χ3v) is 12.9. The van der Waals surface area contributed by atoms with E-state index in [1.807, 2.05) is 0 Å². The molecule has 18 heteroatoms. The number of likely N-dealkylation sites (tertiary alicyclic amines) is 2. The Labute approximate surface area is 332 Å². The van der Waals surface area contributed by atoms with Crippen LogP contribution in [0.25, 0.3) is 0 Å². The predicted molar refractivity (Wildman–Crippen MR) is 203 cm³/mol. The van der Waals surface area contributed by atoms with Gasteiger partial charge in [-0.25, -0.2) is 9.13 Å². The second-order valence-corrected chi connectivity index (χ2v) is 19.6. The van der Waals surface area contributed by atoms with Crippen LogP contribution in [0.3, 0.4) is 0 Å². The first-order chi connectivity index (χ1) is 26.6. The molecule has 0 spiro atoms. The van der Waals surface area contributed by atoms with Crippen molar-refractivity contribution >= 4 is 27.5 Å². The fraction of sp³-hybridized carbons (Fsp3) is 0.590. The van der Waals surface area contributed by atoms with Crippen LogP contribution in [0.2, 0.25) is 0 Å². The summed E-state index contributed by atoms with van der Waals surface area (Å²) in [5, 5.41) is 19.2. The predicted octanol–water partition coefficient (Wildman–Crippen LogP) is 6.61. The third kappa shape index (κ3) is 9.25. The maximum absolute atomic E-state index is 13.8. The Hall–Kier alpha value is -3.82. The number of rotatable bonds is 13. The highest BCUT2D eigenvalue weighted by atomic mass is 31.2. The van der Waals surface area contributed by atoms with Crippen molar-refractivity contribution in [3.63, 3.8) is 0 Å². The number of amides is 2. The molecule has 0 aromatic heterocycles. The van der Waals surface area contributed by atoms with Crippen molar-refractivity contribution in [3.8, 4) is 23.6 Å². The molecular weight excluding hydrogens is 778 g/mol. The number of phosphoric ester groups is 2. The van der Waals surface area contributed by atoms with E-state index in [1.54, 1.807) is 94.7 Å². The molecule has 0 bridgehead atoms. The largest absolute Gasteiger partial charge is 0.485 e. The van der Waals surface area contributed by atoms with Gasteiger partial charge in [-0.05, 0) is 103 Å². The number of ether oxygens (including phenoxy) is 2. The van der Waals surface area contributed by atoms with Crippen molar-refractivity contribution in [1.29, 1.82) is 10.5 Å². The number of benzene rings is 2. The zero-order valence-electron chi connectivity index (χ0n) is 33.2. The molecule has 0 saturated carbocycles. The lowest BCUT2D eigenvalue weighted by molar-refractivity contribution is -0.140. The first-order valence-corrected chi connectivity index (χ1v) is 22.0. The van der Waals surface area contributed by atoms with E-state index >= 15 is 0 Å². The first-order valence-electron chi connectivity index (χ1n) is 19.0. The van der Waals surface area contributed by atoms with Crippen molar-refractivity contribution in [2.45, 2.75) is 122 Å². The fourth-order valence-corrected chi connectivity index (χ4v) is 11.0. The number of hydrogen-bond donors (Lipinski definition) is 2. The lowest BCUT2D eigenvalue weighted by Crippen LogP contribution is -2.55. The minimum Gasteiger partial charge on any atom is -0.485 e. The van der Waals surface area contributed by atoms with Gasteiger partial charge in [0.2, 0.25) is 11.8 Å². The molecule has 4 aliphatic rings. The van der Waals surface area contributed by atoms with E-state index < -0.39 is 62.7 Å². The van der Waals surface area contributed by atoms with Gasteiger partial charge in [0.05, 0.1) is 47.6 Å². The van der Waals surface area contributed by atoms with Crippen LogP contribution in [0.4, 0.5) is 0 Å². The molecule has 2 saturated heterocycles. The van der Waals surface area contributed by atoms with Crippen molar-refractivity contribution in [2.75, 3.05) is 19.7 Å². The molecule has 2 aromatic carbocycles. The molecule has 7 atom stereocenters. The molecule has 2 N–H and O–H groups in total. The van der Waals surface area contributed by atoms with E-state index in [1.165, 1.54) is 0 Å². The molecule has 16 nitrogen and oxygen atoms in total. The molecule has 0 aliphatic carbocycles. The van der Waals surface area contributed by atoms with Gasteiger partial charge in [0.25, 0.3) is 0 Å². The van der Waals surface area contributed by atoms with Crippen LogP contribution in [0.15, 0.2) is 36.4 Å². The number of hydrogen-bond acceptors (Lipinski definition) is 12. The van der Waals surface area contributed by atoms with Crippen LogP contribution in [-0.2, 0) is 36.8 Å². The number of nitriles is 2. The lowest BCUT2D eigenvalue weighted by Gasteiger charge is -2.47. The Morgan fingerprint density at radius 2 is 1.26 bits per heavy atom. The van der Waals surface area contributed by atoms with E-state index in [4.69, 9.17) is 27.6 Å². The van der Waals surface area contributed by atoms with E-state index in [0.717, 1.165) is 0 Å². The number of phosphoric acid groups is 2. The van der Waals surface area contributed by atoms with Crippen LogP contribution < -0.4 is 9.47 Å². The van der Waals surface area contributed by atoms with Crippen LogP contribution in [-0.4, -0.2) is 80.1 Å². The maximum Gasteiger partial charge on any atom is 0.473 e. The molecule has 2 fully saturated rings. The minimum atomic E-state index is -4.91. The Balaban J connectivity index is 1.14. The highest BCUT2D eigenvalue weighted by Gasteiger charge is 2.54. The zero-order chi connectivity index (χ0) is 41.7. The maximum atomic E-state index is 13.8. The van der Waals surface area contributed by atoms with Crippen LogP contribution in [0.1, 0.15) is 115 Å². The molecule has 7 unspecified atom stereocenters. The molecule has 0 radical (unpaired) electrons. The summed E-state index contributed by atoms with van der Waals surface area (Å²) in [6.07, 6.45) is -0.522. The van der Waals surface area contributed by atoms with Gasteiger partial charge in [-0.3, -0.25) is 27.7 Å². The highest BCUT2D eigenvalue weighted by Crippen LogP contribution is 2.57. The van der Waals surface area contributed by atoms with E-state index in [0.29, 0.717) is 72.5 Å². The molecule has 6 rings (SSSR count). The summed E-state index contributed by atoms with van der Waals surface area (Å²) in [7, 11) is -9.75. The Morgan fingerprint density at radius 3 is 1.67 bits per heavy atom. The summed E-state index contributed by atoms with van der Waals surface area (Å²) in [5.41, 5.74) is -2.17. The van der Waals surface area contributed by atoms with Crippen LogP contribution >= 0.6 is 15.6 Å². The summed E-state index contributed by atoms with van der Waals surface area (Å²) < 4.78 is 62.9. The molecule has 2 aromatic rings. The summed E-state index contributed by atoms with van der Waals surface area (Å²) in [5.74, 6) is -0.00250. The van der Waals surface area contributed by atoms with Gasteiger partial charge in [0.15, 0.2) is 0 Å². The van der Waals surface area contributed by atoms with Crippen molar-refractivity contribution in [3.05, 3.63) is 58.7 Å². The zero-order valence-corrected chi connectivity index (χ0v) is 35.0. The molecule has 4 aliphatic heterocycles. The molecule has 2 amide bonds. The number of fused-ring (bicyclic) bond motifs is 2. The SMILES string of the molecule is CC(COP(=O)(O)OC1C(N2CCCC2=O)c2cc(C#N)ccc2OC1(C)C)CC(C)(C)OP(=O)(O)OC1C(N2CCCC2=O)c2cc(C#N)ccc2OC1(C)C. The summed E-state index contributed by atoms with van der Waals surface area (Å²) in [6.45, 7) is 12.0. The number of nitrogens with zero attached hydrogens (tertiary/aromatic N) is 4. The minimum absolute atomic E-state index is 0.0567. The van der Waals surface area contributed by atoms with Gasteiger partial charge >= 0.3 is 15.6 Å². The van der Waals surface area contributed by atoms with Gasteiger partial charge in [0.1, 0.15) is 34.9 Å². The Morgan fingerprint density at radius 1 is 0.825 bits per heavy atom. The van der Waals surface area contributed by atoms with Crippen LogP contribution in [0, 0.1) is 28.6 Å². The van der Waals surface area contributed by atoms with Crippen molar-refractivity contribution in [2.24, 2.45) is 5.92 Å². The van der Waals surface area contributed by atoms with Gasteiger partial charge in [0, 0.05) is 37.1 Å². The topological polar surface area (TPSA) is 218 Å². The quantitative estimate of drug-likeness (QED) is 0.203. The van der Waals surface area contributed by atoms with Gasteiger partial charge in [-0.1, -0.05) is 6.92 Å². The summed E-state index contributed by atoms with van der Waals surface area (Å²) in [6, 6.07) is 12.1. The monoisotopic (exact) mass is 828 g/mol.